The average molecular weight is 399 g/mol. The number of benzene rings is 3. The van der Waals surface area contributed by atoms with Gasteiger partial charge in [-0.3, -0.25) is 0 Å². The van der Waals surface area contributed by atoms with Crippen LogP contribution in [0.3, 0.4) is 0 Å². The molecule has 1 aromatic heterocycles. The zero-order chi connectivity index (χ0) is 19.6. The van der Waals surface area contributed by atoms with Gasteiger partial charge in [-0.1, -0.05) is 60.1 Å². The SMILES string of the molecule is FC(F)(CNc1cccc2oc(Cc3cccc(Cl)c3)nc12)c1ccccc1. The standard InChI is InChI=1S/C22H17ClF2N2O/c23-17-9-4-6-15(12-17)13-20-27-21-18(10-5-11-19(21)28-20)26-14-22(24,25)16-7-2-1-3-8-16/h1-12,26H,13-14H2. The van der Waals surface area contributed by atoms with Crippen LogP contribution in [0.2, 0.25) is 5.02 Å². The molecule has 0 aliphatic carbocycles. The van der Waals surface area contributed by atoms with Crippen LogP contribution in [0.25, 0.3) is 11.1 Å². The quantitative estimate of drug-likeness (QED) is 0.415. The number of hydrogen-bond donors (Lipinski definition) is 1. The third kappa shape index (κ3) is 3.99. The molecule has 0 aliphatic rings. The highest BCUT2D eigenvalue weighted by Crippen LogP contribution is 2.30. The summed E-state index contributed by atoms with van der Waals surface area (Å²) in [6.07, 6.45) is 0.467. The first-order valence-electron chi connectivity index (χ1n) is 8.81. The number of nitrogens with one attached hydrogen (secondary N) is 1. The second-order valence-electron chi connectivity index (χ2n) is 6.49. The number of hydrogen-bond acceptors (Lipinski definition) is 3. The van der Waals surface area contributed by atoms with Crippen LogP contribution in [0.4, 0.5) is 14.5 Å². The summed E-state index contributed by atoms with van der Waals surface area (Å²) in [5.41, 5.74) is 2.52. The third-order valence-electron chi connectivity index (χ3n) is 4.40. The van der Waals surface area contributed by atoms with E-state index in [-0.39, 0.29) is 5.56 Å². The van der Waals surface area contributed by atoms with E-state index < -0.39 is 12.5 Å². The third-order valence-corrected chi connectivity index (χ3v) is 4.64. The number of oxazole rings is 1. The van der Waals surface area contributed by atoms with E-state index in [2.05, 4.69) is 10.3 Å². The van der Waals surface area contributed by atoms with Gasteiger partial charge >= 0.3 is 0 Å². The maximum Gasteiger partial charge on any atom is 0.290 e. The molecule has 0 atom stereocenters. The van der Waals surface area contributed by atoms with Gasteiger partial charge in [0.05, 0.1) is 12.2 Å². The molecule has 6 heteroatoms. The summed E-state index contributed by atoms with van der Waals surface area (Å²) in [6.45, 7) is -0.535. The molecule has 0 spiro atoms. The van der Waals surface area contributed by atoms with Crippen LogP contribution in [0.5, 0.6) is 0 Å². The van der Waals surface area contributed by atoms with Gasteiger partial charge in [0, 0.05) is 17.0 Å². The second-order valence-corrected chi connectivity index (χ2v) is 6.93. The Kier molecular flexibility index (Phi) is 5.01. The van der Waals surface area contributed by atoms with Crippen molar-refractivity contribution in [2.45, 2.75) is 12.3 Å². The average Bonchev–Trinajstić information content (AvgIpc) is 3.10. The molecule has 0 aliphatic heterocycles. The lowest BCUT2D eigenvalue weighted by Crippen LogP contribution is -2.24. The molecular formula is C22H17ClF2N2O. The molecule has 142 valence electrons. The Labute approximate surface area is 166 Å². The molecule has 1 heterocycles. The summed E-state index contributed by atoms with van der Waals surface area (Å²) in [6, 6.07) is 20.4. The molecule has 3 nitrogen and oxygen atoms in total. The van der Waals surface area contributed by atoms with Gasteiger partial charge < -0.3 is 9.73 Å². The fourth-order valence-corrected chi connectivity index (χ4v) is 3.24. The predicted octanol–water partition coefficient (Wildman–Crippen LogP) is 6.28. The predicted molar refractivity (Wildman–Crippen MR) is 107 cm³/mol. The van der Waals surface area contributed by atoms with Crippen LogP contribution in [0.1, 0.15) is 17.0 Å². The summed E-state index contributed by atoms with van der Waals surface area (Å²) in [5.74, 6) is -2.50. The van der Waals surface area contributed by atoms with Crippen molar-refractivity contribution in [1.82, 2.24) is 4.98 Å². The van der Waals surface area contributed by atoms with E-state index in [0.717, 1.165) is 5.56 Å². The van der Waals surface area contributed by atoms with Crippen molar-refractivity contribution in [2.24, 2.45) is 0 Å². The zero-order valence-corrected chi connectivity index (χ0v) is 15.6. The van der Waals surface area contributed by atoms with Crippen LogP contribution in [0, 0.1) is 0 Å². The molecule has 0 radical (unpaired) electrons. The lowest BCUT2D eigenvalue weighted by Gasteiger charge is -2.18. The van der Waals surface area contributed by atoms with Gasteiger partial charge in [-0.2, -0.15) is 8.78 Å². The molecular weight excluding hydrogens is 382 g/mol. The lowest BCUT2D eigenvalue weighted by molar-refractivity contribution is 0.0106. The Bertz CT molecular complexity index is 1100. The highest BCUT2D eigenvalue weighted by Gasteiger charge is 2.31. The highest BCUT2D eigenvalue weighted by atomic mass is 35.5. The Morgan fingerprint density at radius 3 is 2.54 bits per heavy atom. The van der Waals surface area contributed by atoms with Crippen LogP contribution >= 0.6 is 11.6 Å². The van der Waals surface area contributed by atoms with E-state index in [9.17, 15) is 8.78 Å². The van der Waals surface area contributed by atoms with Crippen molar-refractivity contribution in [3.05, 3.63) is 94.8 Å². The summed E-state index contributed by atoms with van der Waals surface area (Å²) >= 11 is 6.02. The van der Waals surface area contributed by atoms with E-state index in [1.807, 2.05) is 18.2 Å². The van der Waals surface area contributed by atoms with Crippen molar-refractivity contribution in [1.29, 1.82) is 0 Å². The van der Waals surface area contributed by atoms with Gasteiger partial charge in [0.2, 0.25) is 0 Å². The number of halogens is 3. The highest BCUT2D eigenvalue weighted by molar-refractivity contribution is 6.30. The van der Waals surface area contributed by atoms with Gasteiger partial charge in [-0.15, -0.1) is 0 Å². The number of alkyl halides is 2. The molecule has 0 fully saturated rings. The number of fused-ring (bicyclic) bond motifs is 1. The maximum atomic E-state index is 14.5. The maximum absolute atomic E-state index is 14.5. The fraction of sp³-hybridized carbons (Fsp3) is 0.136. The van der Waals surface area contributed by atoms with Crippen molar-refractivity contribution in [3.63, 3.8) is 0 Å². The monoisotopic (exact) mass is 398 g/mol. The number of aromatic nitrogens is 1. The van der Waals surface area contributed by atoms with Crippen LogP contribution in [-0.4, -0.2) is 11.5 Å². The molecule has 28 heavy (non-hydrogen) atoms. The smallest absolute Gasteiger partial charge is 0.290 e. The minimum absolute atomic E-state index is 0.0310. The molecule has 0 saturated carbocycles. The van der Waals surface area contributed by atoms with Crippen molar-refractivity contribution in [3.8, 4) is 0 Å². The molecule has 1 N–H and O–H groups in total. The first-order chi connectivity index (χ1) is 13.5. The molecule has 0 amide bonds. The van der Waals surface area contributed by atoms with E-state index in [0.29, 0.717) is 34.1 Å². The first kappa shape index (κ1) is 18.4. The largest absolute Gasteiger partial charge is 0.440 e. The molecule has 4 rings (SSSR count). The number of rotatable bonds is 6. The zero-order valence-electron chi connectivity index (χ0n) is 14.8. The van der Waals surface area contributed by atoms with E-state index in [1.54, 1.807) is 42.5 Å². The summed E-state index contributed by atoms with van der Waals surface area (Å²) < 4.78 is 34.7. The second kappa shape index (κ2) is 7.60. The normalized spacial score (nSPS) is 11.7. The fourth-order valence-electron chi connectivity index (χ4n) is 3.02. The minimum atomic E-state index is -3.00. The molecule has 0 saturated heterocycles. The molecule has 0 unspecified atom stereocenters. The molecule has 3 aromatic carbocycles. The van der Waals surface area contributed by atoms with Crippen LogP contribution < -0.4 is 5.32 Å². The van der Waals surface area contributed by atoms with Gasteiger partial charge in [-0.25, -0.2) is 4.98 Å². The molecule has 4 aromatic rings. The van der Waals surface area contributed by atoms with Crippen molar-refractivity contribution in [2.75, 3.05) is 11.9 Å². The van der Waals surface area contributed by atoms with E-state index >= 15 is 0 Å². The Hall–Kier alpha value is -2.92. The summed E-state index contributed by atoms with van der Waals surface area (Å²) in [4.78, 5) is 4.49. The Balaban J connectivity index is 1.55. The lowest BCUT2D eigenvalue weighted by atomic mass is 10.1. The molecule has 0 bridgehead atoms. The van der Waals surface area contributed by atoms with Crippen LogP contribution in [0.15, 0.2) is 77.2 Å². The van der Waals surface area contributed by atoms with Crippen LogP contribution in [-0.2, 0) is 12.3 Å². The van der Waals surface area contributed by atoms with Gasteiger partial charge in [0.25, 0.3) is 5.92 Å². The van der Waals surface area contributed by atoms with Crippen molar-refractivity contribution >= 4 is 28.4 Å². The van der Waals surface area contributed by atoms with Gasteiger partial charge in [0.1, 0.15) is 5.52 Å². The number of anilines is 1. The van der Waals surface area contributed by atoms with E-state index in [1.165, 1.54) is 12.1 Å². The number of nitrogens with zero attached hydrogens (tertiary/aromatic N) is 1. The first-order valence-corrected chi connectivity index (χ1v) is 9.19. The van der Waals surface area contributed by atoms with Crippen molar-refractivity contribution < 1.29 is 13.2 Å². The van der Waals surface area contributed by atoms with E-state index in [4.69, 9.17) is 16.0 Å². The Morgan fingerprint density at radius 1 is 0.964 bits per heavy atom. The number of para-hydroxylation sites is 1. The minimum Gasteiger partial charge on any atom is -0.440 e. The Morgan fingerprint density at radius 2 is 1.75 bits per heavy atom. The summed E-state index contributed by atoms with van der Waals surface area (Å²) in [7, 11) is 0. The van der Waals surface area contributed by atoms with Gasteiger partial charge in [0.15, 0.2) is 11.5 Å². The topological polar surface area (TPSA) is 38.1 Å². The van der Waals surface area contributed by atoms with Gasteiger partial charge in [-0.05, 0) is 29.8 Å². The summed E-state index contributed by atoms with van der Waals surface area (Å²) in [5, 5.41) is 3.46.